The Bertz CT molecular complexity index is 873. The van der Waals surface area contributed by atoms with Gasteiger partial charge in [0.05, 0.1) is 5.52 Å². The second-order valence-corrected chi connectivity index (χ2v) is 6.40. The lowest BCUT2D eigenvalue weighted by Crippen LogP contribution is -2.47. The molecule has 2 heterocycles. The molecule has 4 rings (SSSR count). The van der Waals surface area contributed by atoms with Crippen LogP contribution in [-0.2, 0) is 0 Å². The minimum Gasteiger partial charge on any atom is -0.365 e. The number of likely N-dealkylation sites (tertiary alicyclic amines) is 1. The van der Waals surface area contributed by atoms with Gasteiger partial charge in [0.15, 0.2) is 0 Å². The van der Waals surface area contributed by atoms with Crippen molar-refractivity contribution in [1.82, 2.24) is 9.88 Å². The standard InChI is InChI=1S/C21H21N3O/c25-21(16-8-2-1-3-9-16)24-15-7-6-12-20(24)23-19-13-14-22-18-11-5-4-10-17(18)19/h1-5,8-11,13-14,20H,6-7,12,15H2,(H,22,23). The van der Waals surface area contributed by atoms with Crippen LogP contribution in [0.15, 0.2) is 66.9 Å². The largest absolute Gasteiger partial charge is 0.365 e. The summed E-state index contributed by atoms with van der Waals surface area (Å²) >= 11 is 0. The lowest BCUT2D eigenvalue weighted by molar-refractivity contribution is 0.0645. The maximum atomic E-state index is 12.9. The van der Waals surface area contributed by atoms with Gasteiger partial charge in [-0.15, -0.1) is 0 Å². The molecule has 1 atom stereocenters. The van der Waals surface area contributed by atoms with E-state index in [1.165, 1.54) is 0 Å². The predicted molar refractivity (Wildman–Crippen MR) is 100 cm³/mol. The summed E-state index contributed by atoms with van der Waals surface area (Å²) in [6, 6.07) is 19.6. The van der Waals surface area contributed by atoms with Crippen LogP contribution in [0.3, 0.4) is 0 Å². The van der Waals surface area contributed by atoms with Crippen molar-refractivity contribution < 1.29 is 4.79 Å². The van der Waals surface area contributed by atoms with Crippen LogP contribution in [0, 0.1) is 0 Å². The number of nitrogens with zero attached hydrogens (tertiary/aromatic N) is 2. The van der Waals surface area contributed by atoms with Crippen LogP contribution in [0.25, 0.3) is 10.9 Å². The predicted octanol–water partition coefficient (Wildman–Crippen LogP) is 4.30. The Morgan fingerprint density at radius 1 is 1.00 bits per heavy atom. The number of amides is 1. The highest BCUT2D eigenvalue weighted by Gasteiger charge is 2.27. The monoisotopic (exact) mass is 331 g/mol. The molecule has 1 aliphatic rings. The number of pyridine rings is 1. The maximum absolute atomic E-state index is 12.9. The molecule has 1 aliphatic heterocycles. The van der Waals surface area contributed by atoms with Gasteiger partial charge in [-0.3, -0.25) is 9.78 Å². The SMILES string of the molecule is O=C(c1ccccc1)N1CCCCC1Nc1ccnc2ccccc12. The first-order valence-electron chi connectivity index (χ1n) is 8.79. The Kier molecular flexibility index (Phi) is 4.34. The number of para-hydroxylation sites is 1. The number of carbonyl (C=O) groups excluding carboxylic acids is 1. The molecule has 1 unspecified atom stereocenters. The van der Waals surface area contributed by atoms with Crippen LogP contribution in [0.2, 0.25) is 0 Å². The normalized spacial score (nSPS) is 17.4. The van der Waals surface area contributed by atoms with E-state index in [1.54, 1.807) is 0 Å². The van der Waals surface area contributed by atoms with E-state index in [1.807, 2.05) is 65.7 Å². The van der Waals surface area contributed by atoms with E-state index in [9.17, 15) is 4.79 Å². The highest BCUT2D eigenvalue weighted by atomic mass is 16.2. The maximum Gasteiger partial charge on any atom is 0.255 e. The summed E-state index contributed by atoms with van der Waals surface area (Å²) < 4.78 is 0. The van der Waals surface area contributed by atoms with E-state index in [-0.39, 0.29) is 12.1 Å². The van der Waals surface area contributed by atoms with Gasteiger partial charge in [-0.05, 0) is 43.5 Å². The zero-order valence-electron chi connectivity index (χ0n) is 14.1. The van der Waals surface area contributed by atoms with Crippen molar-refractivity contribution in [2.75, 3.05) is 11.9 Å². The van der Waals surface area contributed by atoms with Gasteiger partial charge < -0.3 is 10.2 Å². The summed E-state index contributed by atoms with van der Waals surface area (Å²) in [6.07, 6.45) is 4.95. The average molecular weight is 331 g/mol. The number of rotatable bonds is 3. The smallest absolute Gasteiger partial charge is 0.255 e. The third kappa shape index (κ3) is 3.20. The molecule has 4 heteroatoms. The minimum absolute atomic E-state index is 0.00672. The van der Waals surface area contributed by atoms with Crippen molar-refractivity contribution in [3.63, 3.8) is 0 Å². The number of fused-ring (bicyclic) bond motifs is 1. The molecule has 3 aromatic rings. The topological polar surface area (TPSA) is 45.2 Å². The molecule has 1 amide bonds. The van der Waals surface area contributed by atoms with Crippen LogP contribution in [0.1, 0.15) is 29.6 Å². The van der Waals surface area contributed by atoms with Crippen molar-refractivity contribution >= 4 is 22.5 Å². The number of benzene rings is 2. The molecule has 1 fully saturated rings. The number of hydrogen-bond donors (Lipinski definition) is 1. The van der Waals surface area contributed by atoms with Crippen molar-refractivity contribution in [2.24, 2.45) is 0 Å². The van der Waals surface area contributed by atoms with Gasteiger partial charge in [0, 0.05) is 29.4 Å². The molecule has 126 valence electrons. The van der Waals surface area contributed by atoms with Gasteiger partial charge in [0.2, 0.25) is 0 Å². The van der Waals surface area contributed by atoms with Gasteiger partial charge in [-0.2, -0.15) is 0 Å². The lowest BCUT2D eigenvalue weighted by atomic mass is 10.0. The molecule has 2 aromatic carbocycles. The average Bonchev–Trinajstić information content (AvgIpc) is 2.69. The highest BCUT2D eigenvalue weighted by molar-refractivity contribution is 5.95. The molecule has 0 saturated carbocycles. The van der Waals surface area contributed by atoms with Gasteiger partial charge >= 0.3 is 0 Å². The molecule has 25 heavy (non-hydrogen) atoms. The second kappa shape index (κ2) is 6.93. The Balaban J connectivity index is 1.62. The number of hydrogen-bond acceptors (Lipinski definition) is 3. The Hall–Kier alpha value is -2.88. The van der Waals surface area contributed by atoms with Gasteiger partial charge in [0.25, 0.3) is 5.91 Å². The van der Waals surface area contributed by atoms with Crippen LogP contribution >= 0.6 is 0 Å². The lowest BCUT2D eigenvalue weighted by Gasteiger charge is -2.37. The summed E-state index contributed by atoms with van der Waals surface area (Å²) in [5.74, 6) is 0.0937. The van der Waals surface area contributed by atoms with Crippen molar-refractivity contribution in [1.29, 1.82) is 0 Å². The summed E-state index contributed by atoms with van der Waals surface area (Å²) in [5, 5.41) is 4.68. The third-order valence-electron chi connectivity index (χ3n) is 4.76. The van der Waals surface area contributed by atoms with E-state index in [2.05, 4.69) is 16.4 Å². The zero-order chi connectivity index (χ0) is 17.1. The summed E-state index contributed by atoms with van der Waals surface area (Å²) in [6.45, 7) is 0.786. The van der Waals surface area contributed by atoms with Crippen molar-refractivity contribution in [3.8, 4) is 0 Å². The summed E-state index contributed by atoms with van der Waals surface area (Å²) in [4.78, 5) is 19.3. The summed E-state index contributed by atoms with van der Waals surface area (Å²) in [5.41, 5.74) is 2.74. The molecule has 4 nitrogen and oxygen atoms in total. The molecular formula is C21H21N3O. The molecule has 1 aromatic heterocycles. The van der Waals surface area contributed by atoms with Crippen LogP contribution in [0.4, 0.5) is 5.69 Å². The fraction of sp³-hybridized carbons (Fsp3) is 0.238. The van der Waals surface area contributed by atoms with E-state index in [4.69, 9.17) is 0 Å². The molecule has 1 N–H and O–H groups in total. The highest BCUT2D eigenvalue weighted by Crippen LogP contribution is 2.26. The first-order chi connectivity index (χ1) is 12.3. The molecule has 0 radical (unpaired) electrons. The number of aromatic nitrogens is 1. The van der Waals surface area contributed by atoms with Gasteiger partial charge in [-0.25, -0.2) is 0 Å². The van der Waals surface area contributed by atoms with Crippen LogP contribution < -0.4 is 5.32 Å². The number of anilines is 1. The molecule has 0 aliphatic carbocycles. The van der Waals surface area contributed by atoms with Gasteiger partial charge in [0.1, 0.15) is 6.17 Å². The van der Waals surface area contributed by atoms with Crippen molar-refractivity contribution in [3.05, 3.63) is 72.4 Å². The third-order valence-corrected chi connectivity index (χ3v) is 4.76. The van der Waals surface area contributed by atoms with E-state index in [0.717, 1.165) is 48.0 Å². The molecule has 1 saturated heterocycles. The molecule has 0 bridgehead atoms. The number of piperidine rings is 1. The molecule has 0 spiro atoms. The van der Waals surface area contributed by atoms with E-state index < -0.39 is 0 Å². The quantitative estimate of drug-likeness (QED) is 0.778. The van der Waals surface area contributed by atoms with E-state index in [0.29, 0.717) is 0 Å². The number of carbonyl (C=O) groups is 1. The van der Waals surface area contributed by atoms with Crippen LogP contribution in [0.5, 0.6) is 0 Å². The second-order valence-electron chi connectivity index (χ2n) is 6.40. The first-order valence-corrected chi connectivity index (χ1v) is 8.79. The number of nitrogens with one attached hydrogen (secondary N) is 1. The zero-order valence-corrected chi connectivity index (χ0v) is 14.1. The fourth-order valence-corrected chi connectivity index (χ4v) is 3.47. The van der Waals surface area contributed by atoms with Crippen LogP contribution in [-0.4, -0.2) is 28.5 Å². The minimum atomic E-state index is 0.00672. The summed E-state index contributed by atoms with van der Waals surface area (Å²) in [7, 11) is 0. The molecular weight excluding hydrogens is 310 g/mol. The Morgan fingerprint density at radius 3 is 2.68 bits per heavy atom. The fourth-order valence-electron chi connectivity index (χ4n) is 3.47. The Morgan fingerprint density at radius 2 is 1.80 bits per heavy atom. The van der Waals surface area contributed by atoms with Crippen molar-refractivity contribution in [2.45, 2.75) is 25.4 Å². The Labute approximate surface area is 147 Å². The van der Waals surface area contributed by atoms with E-state index >= 15 is 0 Å². The first kappa shape index (κ1) is 15.6. The van der Waals surface area contributed by atoms with Gasteiger partial charge in [-0.1, -0.05) is 36.4 Å².